The van der Waals surface area contributed by atoms with E-state index in [0.29, 0.717) is 6.54 Å². The lowest BCUT2D eigenvalue weighted by Gasteiger charge is -2.19. The van der Waals surface area contributed by atoms with Crippen LogP contribution in [0.4, 0.5) is 0 Å². The van der Waals surface area contributed by atoms with Gasteiger partial charge in [-0.25, -0.2) is 0 Å². The maximum Gasteiger partial charge on any atom is 0.193 e. The van der Waals surface area contributed by atoms with Crippen LogP contribution in [0.1, 0.15) is 38.8 Å². The molecule has 138 valence electrons. The van der Waals surface area contributed by atoms with E-state index in [1.54, 1.807) is 0 Å². The predicted molar refractivity (Wildman–Crippen MR) is 111 cm³/mol. The van der Waals surface area contributed by atoms with Crippen LogP contribution in [0.2, 0.25) is 0 Å². The third kappa shape index (κ3) is 4.58. The highest BCUT2D eigenvalue weighted by Gasteiger charge is 2.18. The molecule has 0 spiro atoms. The number of nitriles is 1. The van der Waals surface area contributed by atoms with Crippen LogP contribution in [0.3, 0.4) is 0 Å². The van der Waals surface area contributed by atoms with E-state index in [9.17, 15) is 5.26 Å². The fraction of sp³-hybridized carbons (Fsp3) is 0.318. The Hall–Kier alpha value is -2.58. The summed E-state index contributed by atoms with van der Waals surface area (Å²) in [5.41, 5.74) is 3.60. The number of aromatic nitrogens is 3. The van der Waals surface area contributed by atoms with E-state index in [-0.39, 0.29) is 10.7 Å². The lowest BCUT2D eigenvalue weighted by Crippen LogP contribution is -2.10. The van der Waals surface area contributed by atoms with E-state index >= 15 is 0 Å². The third-order valence-corrected chi connectivity index (χ3v) is 5.35. The smallest absolute Gasteiger partial charge is 0.193 e. The molecule has 4 nitrogen and oxygen atoms in total. The molecule has 3 aromatic rings. The third-order valence-electron chi connectivity index (χ3n) is 4.37. The van der Waals surface area contributed by atoms with E-state index in [4.69, 9.17) is 0 Å². The summed E-state index contributed by atoms with van der Waals surface area (Å²) < 4.78 is 2.10. The SMILES string of the molecule is C[C@H](C#N)Sc1nnc(-c2ccc(C(C)(C)C)cc2)n1Cc1ccccc1. The first-order valence-corrected chi connectivity index (χ1v) is 9.91. The van der Waals surface area contributed by atoms with Crippen molar-refractivity contribution in [3.63, 3.8) is 0 Å². The van der Waals surface area contributed by atoms with E-state index in [1.807, 2.05) is 25.1 Å². The van der Waals surface area contributed by atoms with Gasteiger partial charge in [0, 0.05) is 5.56 Å². The monoisotopic (exact) mass is 376 g/mol. The van der Waals surface area contributed by atoms with E-state index in [0.717, 1.165) is 16.5 Å². The maximum absolute atomic E-state index is 9.18. The van der Waals surface area contributed by atoms with Gasteiger partial charge in [0.2, 0.25) is 0 Å². The van der Waals surface area contributed by atoms with Gasteiger partial charge in [0.15, 0.2) is 11.0 Å². The lowest BCUT2D eigenvalue weighted by atomic mass is 9.87. The van der Waals surface area contributed by atoms with Crippen LogP contribution < -0.4 is 0 Å². The summed E-state index contributed by atoms with van der Waals surface area (Å²) in [6, 6.07) is 21.0. The van der Waals surface area contributed by atoms with E-state index in [1.165, 1.54) is 22.9 Å². The van der Waals surface area contributed by atoms with Gasteiger partial charge in [-0.15, -0.1) is 10.2 Å². The number of hydrogen-bond acceptors (Lipinski definition) is 4. The number of hydrogen-bond donors (Lipinski definition) is 0. The summed E-state index contributed by atoms with van der Waals surface area (Å²) in [4.78, 5) is 0. The zero-order chi connectivity index (χ0) is 19.4. The first-order chi connectivity index (χ1) is 12.9. The molecule has 0 radical (unpaired) electrons. The summed E-state index contributed by atoms with van der Waals surface area (Å²) in [5.74, 6) is 0.826. The van der Waals surface area contributed by atoms with Crippen LogP contribution in [-0.2, 0) is 12.0 Å². The van der Waals surface area contributed by atoms with Crippen molar-refractivity contribution < 1.29 is 0 Å². The summed E-state index contributed by atoms with van der Waals surface area (Å²) in [5, 5.41) is 18.6. The summed E-state index contributed by atoms with van der Waals surface area (Å²) in [7, 11) is 0. The van der Waals surface area contributed by atoms with Crippen LogP contribution in [0, 0.1) is 11.3 Å². The minimum Gasteiger partial charge on any atom is -0.298 e. The number of nitrogens with zero attached hydrogens (tertiary/aromatic N) is 4. The zero-order valence-corrected chi connectivity index (χ0v) is 17.0. The number of benzene rings is 2. The summed E-state index contributed by atoms with van der Waals surface area (Å²) in [6.45, 7) is 9.17. The molecule has 0 N–H and O–H groups in total. The molecular formula is C22H24N4S. The van der Waals surface area contributed by atoms with E-state index < -0.39 is 0 Å². The zero-order valence-electron chi connectivity index (χ0n) is 16.2. The molecule has 0 aliphatic heterocycles. The van der Waals surface area contributed by atoms with Gasteiger partial charge in [-0.05, 0) is 23.5 Å². The van der Waals surface area contributed by atoms with Crippen molar-refractivity contribution in [3.8, 4) is 17.5 Å². The standard InChI is InChI=1S/C22H24N4S/c1-16(14-23)27-21-25-24-20(26(21)15-17-8-6-5-7-9-17)18-10-12-19(13-11-18)22(2,3)4/h5-13,16H,15H2,1-4H3/t16-/m1/s1. The Balaban J connectivity index is 2.00. The van der Waals surface area contributed by atoms with Gasteiger partial charge in [-0.1, -0.05) is 87.1 Å². The Kier molecular flexibility index (Phi) is 5.67. The van der Waals surface area contributed by atoms with Crippen molar-refractivity contribution in [3.05, 3.63) is 65.7 Å². The molecule has 27 heavy (non-hydrogen) atoms. The molecule has 3 rings (SSSR count). The predicted octanol–water partition coefficient (Wildman–Crippen LogP) is 5.30. The number of thioether (sulfide) groups is 1. The fourth-order valence-corrected chi connectivity index (χ4v) is 3.54. The molecule has 0 amide bonds. The van der Waals surface area contributed by atoms with Gasteiger partial charge in [-0.2, -0.15) is 5.26 Å². The lowest BCUT2D eigenvalue weighted by molar-refractivity contribution is 0.590. The van der Waals surface area contributed by atoms with Gasteiger partial charge in [-0.3, -0.25) is 4.57 Å². The van der Waals surface area contributed by atoms with Crippen LogP contribution in [0.25, 0.3) is 11.4 Å². The van der Waals surface area contributed by atoms with Crippen LogP contribution in [-0.4, -0.2) is 20.0 Å². The highest BCUT2D eigenvalue weighted by molar-refractivity contribution is 8.00. The molecule has 0 aliphatic carbocycles. The van der Waals surface area contributed by atoms with Crippen molar-refractivity contribution in [1.82, 2.24) is 14.8 Å². The van der Waals surface area contributed by atoms with Crippen LogP contribution >= 0.6 is 11.8 Å². The molecule has 2 aromatic carbocycles. The average Bonchev–Trinajstić information content (AvgIpc) is 3.04. The van der Waals surface area contributed by atoms with Crippen molar-refractivity contribution in [2.45, 2.75) is 50.1 Å². The van der Waals surface area contributed by atoms with E-state index in [2.05, 4.69) is 78.0 Å². The fourth-order valence-electron chi connectivity index (χ4n) is 2.80. The molecule has 1 aromatic heterocycles. The molecule has 1 heterocycles. The van der Waals surface area contributed by atoms with Gasteiger partial charge in [0.1, 0.15) is 0 Å². The minimum atomic E-state index is -0.181. The Morgan fingerprint density at radius 3 is 2.30 bits per heavy atom. The van der Waals surface area contributed by atoms with Gasteiger partial charge in [0.05, 0.1) is 17.9 Å². The molecule has 0 saturated heterocycles. The Labute approximate surface area is 165 Å². The van der Waals surface area contributed by atoms with Crippen molar-refractivity contribution >= 4 is 11.8 Å². The minimum absolute atomic E-state index is 0.111. The topological polar surface area (TPSA) is 54.5 Å². The average molecular weight is 377 g/mol. The molecule has 0 saturated carbocycles. The molecule has 5 heteroatoms. The second-order valence-electron chi connectivity index (χ2n) is 7.59. The van der Waals surface area contributed by atoms with Crippen molar-refractivity contribution in [2.75, 3.05) is 0 Å². The van der Waals surface area contributed by atoms with Gasteiger partial charge < -0.3 is 0 Å². The maximum atomic E-state index is 9.18. The van der Waals surface area contributed by atoms with Crippen LogP contribution in [0.15, 0.2) is 59.8 Å². The number of rotatable bonds is 5. The Morgan fingerprint density at radius 2 is 1.70 bits per heavy atom. The first-order valence-electron chi connectivity index (χ1n) is 9.03. The normalized spacial score (nSPS) is 12.6. The first kappa shape index (κ1) is 19.2. The highest BCUT2D eigenvalue weighted by atomic mass is 32.2. The van der Waals surface area contributed by atoms with Gasteiger partial charge in [0.25, 0.3) is 0 Å². The van der Waals surface area contributed by atoms with Crippen molar-refractivity contribution in [1.29, 1.82) is 5.26 Å². The Morgan fingerprint density at radius 1 is 1.04 bits per heavy atom. The molecule has 0 unspecified atom stereocenters. The summed E-state index contributed by atoms with van der Waals surface area (Å²) >= 11 is 1.44. The highest BCUT2D eigenvalue weighted by Crippen LogP contribution is 2.29. The molecule has 0 fully saturated rings. The quantitative estimate of drug-likeness (QED) is 0.567. The van der Waals surface area contributed by atoms with Crippen molar-refractivity contribution in [2.24, 2.45) is 0 Å². The Bertz CT molecular complexity index is 931. The van der Waals surface area contributed by atoms with Gasteiger partial charge >= 0.3 is 0 Å². The summed E-state index contributed by atoms with van der Waals surface area (Å²) in [6.07, 6.45) is 0. The largest absolute Gasteiger partial charge is 0.298 e. The second-order valence-corrected chi connectivity index (χ2v) is 8.90. The molecular weight excluding hydrogens is 352 g/mol. The molecule has 1 atom stereocenters. The molecule has 0 bridgehead atoms. The van der Waals surface area contributed by atoms with Crippen LogP contribution in [0.5, 0.6) is 0 Å². The second kappa shape index (κ2) is 7.98. The molecule has 0 aliphatic rings.